The zero-order valence-electron chi connectivity index (χ0n) is 9.38. The molecule has 0 N–H and O–H groups in total. The number of carbonyl (C=O) groups is 1. The highest BCUT2D eigenvalue weighted by Crippen LogP contribution is 1.79. The van der Waals surface area contributed by atoms with E-state index in [-0.39, 0.29) is 0 Å². The highest BCUT2D eigenvalue weighted by atomic mass is 28.4. The van der Waals surface area contributed by atoms with Crippen LogP contribution >= 0.6 is 0 Å². The van der Waals surface area contributed by atoms with Gasteiger partial charge in [0, 0.05) is 6.42 Å². The molecule has 1 heterocycles. The molecule has 0 aromatic heterocycles. The highest BCUT2D eigenvalue weighted by molar-refractivity contribution is 6.50. The van der Waals surface area contributed by atoms with E-state index in [4.69, 9.17) is 24.7 Å². The van der Waals surface area contributed by atoms with Crippen molar-refractivity contribution in [1.82, 2.24) is 0 Å². The van der Waals surface area contributed by atoms with E-state index < -0.39 is 60.0 Å². The first-order valence-electron chi connectivity index (χ1n) is 4.82. The first-order valence-corrected chi connectivity index (χ1v) is 11.7. The summed E-state index contributed by atoms with van der Waals surface area (Å²) in [5, 5.41) is 0. The third-order valence-electron chi connectivity index (χ3n) is 1.17. The minimum absolute atomic E-state index is 0.639. The Kier molecular flexibility index (Phi) is 16.5. The molecule has 0 aliphatic carbocycles. The van der Waals surface area contributed by atoms with Crippen LogP contribution in [0.4, 0.5) is 0 Å². The second kappa shape index (κ2) is 15.7. The SMILES string of the molecule is CCC=O.O1[SiH2]O[SiH2]O[SiH2]O[SiH2]O[SiH2]O[SiH2]1. The quantitative estimate of drug-likeness (QED) is 0.350. The summed E-state index contributed by atoms with van der Waals surface area (Å²) in [6.45, 7) is 1.81. The second-order valence-corrected chi connectivity index (χ2v) is 13.7. The minimum Gasteiger partial charge on any atom is -0.425 e. The van der Waals surface area contributed by atoms with Crippen molar-refractivity contribution in [3.63, 3.8) is 0 Å². The van der Waals surface area contributed by atoms with Crippen molar-refractivity contribution >= 4 is 66.3 Å². The van der Waals surface area contributed by atoms with Crippen LogP contribution in [0.5, 0.6) is 0 Å². The highest BCUT2D eigenvalue weighted by Gasteiger charge is 1.97. The summed E-state index contributed by atoms with van der Waals surface area (Å²) in [4.78, 5) is 9.17. The lowest BCUT2D eigenvalue weighted by atomic mass is 10.6. The Morgan fingerprint density at radius 2 is 0.938 bits per heavy atom. The van der Waals surface area contributed by atoms with Crippen LogP contribution in [0, 0.1) is 0 Å². The summed E-state index contributed by atoms with van der Waals surface area (Å²) in [7, 11) is -4.77. The lowest BCUT2D eigenvalue weighted by Gasteiger charge is -2.10. The molecule has 0 bridgehead atoms. The van der Waals surface area contributed by atoms with Crippen LogP contribution in [0.25, 0.3) is 0 Å². The Hall–Kier alpha value is 0.731. The summed E-state index contributed by atoms with van der Waals surface area (Å²) < 4.78 is 31.4. The maximum Gasteiger partial charge on any atom is 0.286 e. The normalized spacial score (nSPS) is 28.6. The van der Waals surface area contributed by atoms with Crippen LogP contribution < -0.4 is 0 Å². The van der Waals surface area contributed by atoms with Crippen molar-refractivity contribution in [2.45, 2.75) is 13.3 Å². The van der Waals surface area contributed by atoms with Crippen molar-refractivity contribution in [2.75, 3.05) is 0 Å². The second-order valence-electron chi connectivity index (χ2n) is 2.51. The first-order chi connectivity index (χ1) is 7.91. The first kappa shape index (κ1) is 16.7. The Balaban J connectivity index is 0.000000487. The van der Waals surface area contributed by atoms with Gasteiger partial charge in [0.1, 0.15) is 6.29 Å². The van der Waals surface area contributed by atoms with Gasteiger partial charge in [-0.1, -0.05) is 6.92 Å². The molecule has 1 rings (SSSR count). The molecule has 1 aliphatic heterocycles. The predicted molar refractivity (Wildman–Crippen MR) is 74.1 cm³/mol. The molecule has 0 radical (unpaired) electrons. The van der Waals surface area contributed by atoms with Crippen LogP contribution in [0.15, 0.2) is 0 Å². The molecule has 1 aliphatic rings. The van der Waals surface area contributed by atoms with Crippen molar-refractivity contribution in [2.24, 2.45) is 0 Å². The fourth-order valence-corrected chi connectivity index (χ4v) is 11.4. The van der Waals surface area contributed by atoms with Gasteiger partial charge in [-0.3, -0.25) is 0 Å². The van der Waals surface area contributed by atoms with Gasteiger partial charge in [-0.2, -0.15) is 0 Å². The van der Waals surface area contributed by atoms with Gasteiger partial charge in [0.2, 0.25) is 0 Å². The monoisotopic (exact) mass is 334 g/mol. The van der Waals surface area contributed by atoms with E-state index in [1.54, 1.807) is 0 Å². The molecule has 96 valence electrons. The zero-order valence-corrected chi connectivity index (χ0v) is 17.9. The maximum atomic E-state index is 9.17. The molecule has 0 amide bonds. The van der Waals surface area contributed by atoms with E-state index in [2.05, 4.69) is 0 Å². The maximum absolute atomic E-state index is 9.17. The van der Waals surface area contributed by atoms with Crippen LogP contribution in [0.1, 0.15) is 13.3 Å². The fraction of sp³-hybridized carbons (Fsp3) is 0.667. The smallest absolute Gasteiger partial charge is 0.286 e. The molecule has 0 unspecified atom stereocenters. The minimum atomic E-state index is -0.795. The standard InChI is InChI=1S/C3H6O.H12O6Si6/c1-2-3-4;1-7-2-9-4-11-6-12-5-10-3-8-1/h3H,2H2,1H3;7-12H2. The van der Waals surface area contributed by atoms with Gasteiger partial charge in [-0.25, -0.2) is 0 Å². The topological polar surface area (TPSA) is 72.5 Å². The Bertz CT molecular complexity index is 107. The summed E-state index contributed by atoms with van der Waals surface area (Å²) >= 11 is 0. The number of rotatable bonds is 1. The lowest BCUT2D eigenvalue weighted by Crippen LogP contribution is -2.23. The van der Waals surface area contributed by atoms with Crippen LogP contribution in [-0.2, 0) is 29.5 Å². The Morgan fingerprint density at radius 1 is 0.750 bits per heavy atom. The average Bonchev–Trinajstić information content (AvgIpc) is 2.30. The van der Waals surface area contributed by atoms with Gasteiger partial charge >= 0.3 is 0 Å². The van der Waals surface area contributed by atoms with Crippen molar-refractivity contribution < 1.29 is 29.5 Å². The van der Waals surface area contributed by atoms with E-state index in [9.17, 15) is 4.79 Å². The van der Waals surface area contributed by atoms with E-state index in [1.807, 2.05) is 6.92 Å². The van der Waals surface area contributed by atoms with E-state index >= 15 is 0 Å². The van der Waals surface area contributed by atoms with Gasteiger partial charge in [-0.15, -0.1) is 0 Å². The van der Waals surface area contributed by atoms with Crippen molar-refractivity contribution in [3.05, 3.63) is 0 Å². The molecule has 13 heteroatoms. The predicted octanol–water partition coefficient (Wildman–Crippen LogP) is -5.31. The Morgan fingerprint density at radius 3 is 1.06 bits per heavy atom. The van der Waals surface area contributed by atoms with Crippen LogP contribution in [0.3, 0.4) is 0 Å². The van der Waals surface area contributed by atoms with Crippen molar-refractivity contribution in [1.29, 1.82) is 0 Å². The summed E-state index contributed by atoms with van der Waals surface area (Å²) in [6, 6.07) is 0. The van der Waals surface area contributed by atoms with Crippen LogP contribution in [-0.4, -0.2) is 66.3 Å². The summed E-state index contributed by atoms with van der Waals surface area (Å²) in [5.74, 6) is 0. The van der Waals surface area contributed by atoms with Gasteiger partial charge in [0.05, 0.1) is 0 Å². The van der Waals surface area contributed by atoms with Crippen LogP contribution in [0.2, 0.25) is 0 Å². The Labute approximate surface area is 109 Å². The molecular formula is C3H18O7Si6. The fourth-order valence-electron chi connectivity index (χ4n) is 0.558. The molecule has 0 saturated carbocycles. The molecule has 1 saturated heterocycles. The van der Waals surface area contributed by atoms with E-state index in [0.29, 0.717) is 6.42 Å². The number of hydrogen-bond acceptors (Lipinski definition) is 7. The average molecular weight is 335 g/mol. The third kappa shape index (κ3) is 14.7. The van der Waals surface area contributed by atoms with Gasteiger partial charge in [0.25, 0.3) is 60.0 Å². The zero-order chi connectivity index (χ0) is 11.9. The molecule has 0 spiro atoms. The molecule has 0 aromatic carbocycles. The molecular weight excluding hydrogens is 317 g/mol. The van der Waals surface area contributed by atoms with Crippen molar-refractivity contribution in [3.8, 4) is 0 Å². The molecule has 16 heavy (non-hydrogen) atoms. The van der Waals surface area contributed by atoms with Gasteiger partial charge < -0.3 is 29.5 Å². The van der Waals surface area contributed by atoms with Gasteiger partial charge in [-0.05, 0) is 0 Å². The molecule has 0 aromatic rings. The number of aldehydes is 1. The number of hydrogen-bond donors (Lipinski definition) is 0. The van der Waals surface area contributed by atoms with Gasteiger partial charge in [0.15, 0.2) is 0 Å². The summed E-state index contributed by atoms with van der Waals surface area (Å²) in [5.41, 5.74) is 0. The molecule has 7 nitrogen and oxygen atoms in total. The van der Waals surface area contributed by atoms with E-state index in [1.165, 1.54) is 0 Å². The molecule has 1 fully saturated rings. The number of carbonyl (C=O) groups excluding carboxylic acids is 1. The lowest BCUT2D eigenvalue weighted by molar-refractivity contribution is -0.107. The van der Waals surface area contributed by atoms with E-state index in [0.717, 1.165) is 6.29 Å². The largest absolute Gasteiger partial charge is 0.425 e. The molecule has 0 atom stereocenters. The third-order valence-corrected chi connectivity index (χ3v) is 9.17. The summed E-state index contributed by atoms with van der Waals surface area (Å²) in [6.07, 6.45) is 1.51.